The quantitative estimate of drug-likeness (QED) is 0.687. The van der Waals surface area contributed by atoms with E-state index in [-0.39, 0.29) is 11.8 Å². The Kier molecular flexibility index (Phi) is 3.52. The highest BCUT2D eigenvalue weighted by atomic mass is 32.1. The molecule has 134 valence electrons. The SMILES string of the molecule is O=C(c1ccco1)N1CCN(C(=O)c2nn3c(C4CC4)nnc3s2)CC1. The number of fused-ring (bicyclic) bond motifs is 1. The van der Waals surface area contributed by atoms with Crippen LogP contribution in [0.5, 0.6) is 0 Å². The largest absolute Gasteiger partial charge is 0.459 e. The molecule has 10 heteroatoms. The van der Waals surface area contributed by atoms with Crippen LogP contribution in [0.1, 0.15) is 44.9 Å². The number of carbonyl (C=O) groups is 2. The average Bonchev–Trinajstić information content (AvgIpc) is 3.08. The Labute approximate surface area is 152 Å². The molecule has 0 spiro atoms. The minimum atomic E-state index is -0.144. The summed E-state index contributed by atoms with van der Waals surface area (Å²) in [5.41, 5.74) is 0. The Hall–Kier alpha value is -2.75. The van der Waals surface area contributed by atoms with Crippen LogP contribution in [0.3, 0.4) is 0 Å². The first-order chi connectivity index (χ1) is 12.7. The van der Waals surface area contributed by atoms with Gasteiger partial charge in [-0.1, -0.05) is 11.3 Å². The van der Waals surface area contributed by atoms with Crippen molar-refractivity contribution >= 4 is 28.1 Å². The molecule has 0 unspecified atom stereocenters. The first-order valence-corrected chi connectivity index (χ1v) is 9.36. The van der Waals surface area contributed by atoms with Crippen molar-refractivity contribution < 1.29 is 14.0 Å². The zero-order valence-corrected chi connectivity index (χ0v) is 14.7. The number of carbonyl (C=O) groups excluding carboxylic acids is 2. The smallest absolute Gasteiger partial charge is 0.289 e. The van der Waals surface area contributed by atoms with Gasteiger partial charge in [-0.3, -0.25) is 9.59 Å². The summed E-state index contributed by atoms with van der Waals surface area (Å²) in [6, 6.07) is 3.34. The van der Waals surface area contributed by atoms with Gasteiger partial charge < -0.3 is 14.2 Å². The van der Waals surface area contributed by atoms with E-state index < -0.39 is 0 Å². The second kappa shape index (κ2) is 5.90. The Balaban J connectivity index is 1.27. The van der Waals surface area contributed by atoms with E-state index in [0.717, 1.165) is 18.7 Å². The molecule has 5 rings (SSSR count). The van der Waals surface area contributed by atoms with E-state index in [4.69, 9.17) is 4.42 Å². The van der Waals surface area contributed by atoms with E-state index in [9.17, 15) is 9.59 Å². The summed E-state index contributed by atoms with van der Waals surface area (Å²) in [5, 5.41) is 13.1. The summed E-state index contributed by atoms with van der Waals surface area (Å²) < 4.78 is 6.86. The van der Waals surface area contributed by atoms with E-state index in [2.05, 4.69) is 15.3 Å². The van der Waals surface area contributed by atoms with E-state index in [1.54, 1.807) is 26.4 Å². The Bertz CT molecular complexity index is 966. The van der Waals surface area contributed by atoms with Gasteiger partial charge >= 0.3 is 0 Å². The lowest BCUT2D eigenvalue weighted by Gasteiger charge is -2.33. The molecule has 26 heavy (non-hydrogen) atoms. The average molecular weight is 372 g/mol. The monoisotopic (exact) mass is 372 g/mol. The maximum atomic E-state index is 12.8. The molecule has 3 aromatic heterocycles. The fourth-order valence-electron chi connectivity index (χ4n) is 3.12. The van der Waals surface area contributed by atoms with Crippen LogP contribution >= 0.6 is 11.3 Å². The van der Waals surface area contributed by atoms with Gasteiger partial charge in [0.1, 0.15) is 0 Å². The lowest BCUT2D eigenvalue weighted by atomic mass is 10.3. The maximum absolute atomic E-state index is 12.8. The van der Waals surface area contributed by atoms with Gasteiger partial charge in [-0.05, 0) is 25.0 Å². The Morgan fingerprint density at radius 1 is 1.08 bits per heavy atom. The number of furan rings is 1. The van der Waals surface area contributed by atoms with E-state index in [1.807, 2.05) is 0 Å². The van der Waals surface area contributed by atoms with Crippen molar-refractivity contribution in [2.75, 3.05) is 26.2 Å². The second-order valence-electron chi connectivity index (χ2n) is 6.50. The topological polar surface area (TPSA) is 96.8 Å². The fraction of sp³-hybridized carbons (Fsp3) is 0.438. The minimum Gasteiger partial charge on any atom is -0.459 e. The molecule has 4 heterocycles. The molecule has 2 amide bonds. The van der Waals surface area contributed by atoms with Crippen LogP contribution in [0, 0.1) is 0 Å². The number of piperazine rings is 1. The molecular weight excluding hydrogens is 356 g/mol. The molecule has 1 saturated heterocycles. The summed E-state index contributed by atoms with van der Waals surface area (Å²) in [6.45, 7) is 1.90. The van der Waals surface area contributed by atoms with Crippen molar-refractivity contribution in [2.45, 2.75) is 18.8 Å². The highest BCUT2D eigenvalue weighted by molar-refractivity contribution is 7.18. The number of amides is 2. The number of aromatic nitrogens is 4. The standard InChI is InChI=1S/C16H16N6O3S/c23-14(11-2-1-9-25-11)20-5-7-21(8-6-20)15(24)13-19-22-12(10-3-4-10)17-18-16(22)26-13/h1-2,9-10H,3-8H2. The van der Waals surface area contributed by atoms with Crippen molar-refractivity contribution in [3.63, 3.8) is 0 Å². The third-order valence-corrected chi connectivity index (χ3v) is 5.61. The highest BCUT2D eigenvalue weighted by Gasteiger charge is 2.32. The lowest BCUT2D eigenvalue weighted by molar-refractivity contribution is 0.0517. The van der Waals surface area contributed by atoms with Crippen LogP contribution < -0.4 is 0 Å². The summed E-state index contributed by atoms with van der Waals surface area (Å²) in [7, 11) is 0. The van der Waals surface area contributed by atoms with Crippen LogP contribution in [0.25, 0.3) is 4.96 Å². The van der Waals surface area contributed by atoms with Gasteiger partial charge in [0.15, 0.2) is 11.6 Å². The molecular formula is C16H16N6O3S. The third-order valence-electron chi connectivity index (χ3n) is 4.73. The van der Waals surface area contributed by atoms with Gasteiger partial charge in [0.05, 0.1) is 6.26 Å². The second-order valence-corrected chi connectivity index (χ2v) is 7.45. The van der Waals surface area contributed by atoms with Crippen LogP contribution in [0.4, 0.5) is 0 Å². The number of nitrogens with zero attached hydrogens (tertiary/aromatic N) is 6. The van der Waals surface area contributed by atoms with Gasteiger partial charge in [-0.25, -0.2) is 0 Å². The van der Waals surface area contributed by atoms with Gasteiger partial charge in [0.2, 0.25) is 9.97 Å². The van der Waals surface area contributed by atoms with Gasteiger partial charge in [0, 0.05) is 32.1 Å². The number of hydrogen-bond acceptors (Lipinski definition) is 7. The van der Waals surface area contributed by atoms with Gasteiger partial charge in [0.25, 0.3) is 11.8 Å². The lowest BCUT2D eigenvalue weighted by Crippen LogP contribution is -2.50. The molecule has 0 N–H and O–H groups in total. The normalized spacial score (nSPS) is 17.8. The van der Waals surface area contributed by atoms with E-state index >= 15 is 0 Å². The van der Waals surface area contributed by atoms with Crippen LogP contribution in [0.15, 0.2) is 22.8 Å². The predicted octanol–water partition coefficient (Wildman–Crippen LogP) is 1.25. The van der Waals surface area contributed by atoms with Crippen molar-refractivity contribution in [3.05, 3.63) is 35.0 Å². The first kappa shape index (κ1) is 15.5. The van der Waals surface area contributed by atoms with E-state index in [0.29, 0.717) is 47.8 Å². The Morgan fingerprint density at radius 3 is 2.46 bits per heavy atom. The molecule has 0 aromatic carbocycles. The highest BCUT2D eigenvalue weighted by Crippen LogP contribution is 2.39. The molecule has 9 nitrogen and oxygen atoms in total. The van der Waals surface area contributed by atoms with Crippen LogP contribution in [0.2, 0.25) is 0 Å². The van der Waals surface area contributed by atoms with Crippen molar-refractivity contribution in [2.24, 2.45) is 0 Å². The van der Waals surface area contributed by atoms with Crippen molar-refractivity contribution in [1.82, 2.24) is 29.6 Å². The molecule has 2 fully saturated rings. The predicted molar refractivity (Wildman–Crippen MR) is 91.1 cm³/mol. The molecule has 2 aliphatic rings. The van der Waals surface area contributed by atoms with Gasteiger partial charge in [-0.2, -0.15) is 4.52 Å². The van der Waals surface area contributed by atoms with Crippen LogP contribution in [-0.4, -0.2) is 67.6 Å². The maximum Gasteiger partial charge on any atom is 0.289 e. The number of hydrogen-bond donors (Lipinski definition) is 0. The van der Waals surface area contributed by atoms with Gasteiger partial charge in [-0.15, -0.1) is 15.3 Å². The zero-order chi connectivity index (χ0) is 17.7. The first-order valence-electron chi connectivity index (χ1n) is 8.55. The summed E-state index contributed by atoms with van der Waals surface area (Å²) in [4.78, 5) is 29.1. The summed E-state index contributed by atoms with van der Waals surface area (Å²) >= 11 is 1.26. The molecule has 0 bridgehead atoms. The number of rotatable bonds is 3. The fourth-order valence-corrected chi connectivity index (χ4v) is 3.93. The molecule has 0 atom stereocenters. The molecule has 1 saturated carbocycles. The molecule has 0 radical (unpaired) electrons. The van der Waals surface area contributed by atoms with Crippen molar-refractivity contribution in [3.8, 4) is 0 Å². The third kappa shape index (κ3) is 2.57. The van der Waals surface area contributed by atoms with Crippen molar-refractivity contribution in [1.29, 1.82) is 0 Å². The Morgan fingerprint density at radius 2 is 1.81 bits per heavy atom. The molecule has 1 aliphatic heterocycles. The minimum absolute atomic E-state index is 0.118. The molecule has 3 aromatic rings. The zero-order valence-electron chi connectivity index (χ0n) is 13.9. The molecule has 1 aliphatic carbocycles. The summed E-state index contributed by atoms with van der Waals surface area (Å²) in [6.07, 6.45) is 3.69. The van der Waals surface area contributed by atoms with Crippen LogP contribution in [-0.2, 0) is 0 Å². The van der Waals surface area contributed by atoms with E-state index in [1.165, 1.54) is 17.6 Å². The summed E-state index contributed by atoms with van der Waals surface area (Å²) in [5.74, 6) is 1.34.